The van der Waals surface area contributed by atoms with Crippen molar-refractivity contribution < 1.29 is 19.3 Å². The van der Waals surface area contributed by atoms with Gasteiger partial charge in [-0.15, -0.1) is 0 Å². The van der Waals surface area contributed by atoms with Gasteiger partial charge in [0.25, 0.3) is 0 Å². The summed E-state index contributed by atoms with van der Waals surface area (Å²) in [4.78, 5) is 0. The minimum atomic E-state index is -0.193. The van der Waals surface area contributed by atoms with Crippen molar-refractivity contribution >= 4 is 11.4 Å². The van der Waals surface area contributed by atoms with Crippen molar-refractivity contribution in [2.45, 2.75) is 18.6 Å². The molecule has 0 spiro atoms. The van der Waals surface area contributed by atoms with Crippen LogP contribution in [0.4, 0.5) is 11.4 Å². The molecule has 0 bridgehead atoms. The molecule has 0 radical (unpaired) electrons. The molecule has 19 heavy (non-hydrogen) atoms. The van der Waals surface area contributed by atoms with E-state index < -0.39 is 0 Å². The summed E-state index contributed by atoms with van der Waals surface area (Å²) in [5.74, 6) is 0.625. The topological polar surface area (TPSA) is 86.0 Å². The van der Waals surface area contributed by atoms with E-state index in [4.69, 9.17) is 25.1 Å². The fourth-order valence-electron chi connectivity index (χ4n) is 1.64. The van der Waals surface area contributed by atoms with Gasteiger partial charge >= 0.3 is 0 Å². The van der Waals surface area contributed by atoms with Crippen LogP contribution in [0.3, 0.4) is 0 Å². The van der Waals surface area contributed by atoms with Crippen molar-refractivity contribution in [1.82, 2.24) is 0 Å². The second-order valence-electron chi connectivity index (χ2n) is 4.13. The smallest absolute Gasteiger partial charge is 0.188 e. The van der Waals surface area contributed by atoms with Gasteiger partial charge in [-0.25, -0.2) is 0 Å². The van der Waals surface area contributed by atoms with Gasteiger partial charge in [-0.3, -0.25) is 0 Å². The van der Waals surface area contributed by atoms with Crippen LogP contribution in [0.25, 0.3) is 0 Å². The number of nitrogens with two attached hydrogens (primary N) is 1. The molecule has 1 aliphatic carbocycles. The minimum Gasteiger partial charge on any atom is -0.465 e. The number of hydrogen-bond acceptors (Lipinski definition) is 6. The number of nitrogens with one attached hydrogen (secondary N) is 1. The molecule has 0 aliphatic heterocycles. The second kappa shape index (κ2) is 7.18. The van der Waals surface area contributed by atoms with Gasteiger partial charge in [-0.2, -0.15) is 0 Å². The Labute approximate surface area is 113 Å². The van der Waals surface area contributed by atoms with Gasteiger partial charge in [-0.05, 0) is 31.0 Å². The van der Waals surface area contributed by atoms with Gasteiger partial charge in [0.1, 0.15) is 11.5 Å². The third-order valence-corrected chi connectivity index (χ3v) is 2.81. The molecule has 0 saturated heterocycles. The van der Waals surface area contributed by atoms with E-state index in [1.807, 2.05) is 18.2 Å². The van der Waals surface area contributed by atoms with Crippen LogP contribution in [0.15, 0.2) is 18.2 Å². The summed E-state index contributed by atoms with van der Waals surface area (Å²) < 4.78 is 15.5. The lowest BCUT2D eigenvalue weighted by Crippen LogP contribution is -2.23. The maximum atomic E-state index is 7.00. The lowest BCUT2D eigenvalue weighted by atomic mass is 10.2. The molecule has 108 valence electrons. The van der Waals surface area contributed by atoms with Crippen LogP contribution in [0.1, 0.15) is 12.8 Å². The van der Waals surface area contributed by atoms with Crippen LogP contribution in [-0.4, -0.2) is 39.0 Å². The van der Waals surface area contributed by atoms with Crippen molar-refractivity contribution in [2.75, 3.05) is 39.2 Å². The Bertz CT molecular complexity index is 394. The molecule has 2 rings (SSSR count). The van der Waals surface area contributed by atoms with Crippen molar-refractivity contribution in [2.24, 2.45) is 0 Å². The number of rotatable bonds is 6. The summed E-state index contributed by atoms with van der Waals surface area (Å²) in [6, 6.07) is 5.58. The molecule has 4 N–H and O–H groups in total. The average Bonchev–Trinajstić information content (AvgIpc) is 3.20. The van der Waals surface area contributed by atoms with Gasteiger partial charge in [0.05, 0.1) is 5.69 Å². The largest absolute Gasteiger partial charge is 0.465 e. The number of anilines is 2. The molecule has 6 heteroatoms. The minimum absolute atomic E-state index is 0.193. The zero-order chi connectivity index (χ0) is 14.3. The number of benzene rings is 1. The Morgan fingerprint density at radius 3 is 2.47 bits per heavy atom. The lowest BCUT2D eigenvalue weighted by molar-refractivity contribution is 0.0516. The molecule has 1 aliphatic rings. The van der Waals surface area contributed by atoms with Gasteiger partial charge < -0.3 is 30.4 Å². The molecule has 0 unspecified atom stereocenters. The van der Waals surface area contributed by atoms with Crippen molar-refractivity contribution in [3.8, 4) is 5.75 Å². The lowest BCUT2D eigenvalue weighted by Gasteiger charge is -2.18. The Hall–Kier alpha value is -1.50. The first-order chi connectivity index (χ1) is 9.19. The van der Waals surface area contributed by atoms with E-state index in [-0.39, 0.29) is 12.5 Å². The summed E-state index contributed by atoms with van der Waals surface area (Å²) in [5.41, 5.74) is 7.21. The zero-order valence-corrected chi connectivity index (χ0v) is 11.6. The molecule has 0 aromatic heterocycles. The maximum Gasteiger partial charge on any atom is 0.188 e. The molecule has 1 aromatic rings. The Kier molecular flexibility index (Phi) is 5.88. The Morgan fingerprint density at radius 1 is 1.32 bits per heavy atom. The third kappa shape index (κ3) is 4.27. The van der Waals surface area contributed by atoms with Crippen LogP contribution in [0.2, 0.25) is 0 Å². The summed E-state index contributed by atoms with van der Waals surface area (Å²) in [6.45, 7) is 0.193. The van der Waals surface area contributed by atoms with E-state index >= 15 is 0 Å². The highest BCUT2D eigenvalue weighted by atomic mass is 16.7. The second-order valence-corrected chi connectivity index (χ2v) is 4.13. The Balaban J connectivity index is 0.000000861. The molecule has 1 fully saturated rings. The monoisotopic (exact) mass is 270 g/mol. The van der Waals surface area contributed by atoms with Crippen LogP contribution < -0.4 is 15.8 Å². The van der Waals surface area contributed by atoms with Gasteiger partial charge in [0.2, 0.25) is 0 Å². The fraction of sp³-hybridized carbons (Fsp3) is 0.538. The van der Waals surface area contributed by atoms with Gasteiger partial charge in [0.15, 0.2) is 6.79 Å². The number of aliphatic hydroxyl groups excluding tert-OH is 1. The summed E-state index contributed by atoms with van der Waals surface area (Å²) in [6.07, 6.45) is 2.04. The fourth-order valence-corrected chi connectivity index (χ4v) is 1.64. The number of ether oxygens (including phenoxy) is 3. The van der Waals surface area contributed by atoms with Crippen molar-refractivity contribution in [1.29, 1.82) is 0 Å². The molecule has 0 amide bonds. The molecule has 6 nitrogen and oxygen atoms in total. The van der Waals surface area contributed by atoms with Gasteiger partial charge in [-0.1, -0.05) is 0 Å². The van der Waals surface area contributed by atoms with Crippen molar-refractivity contribution in [3.63, 3.8) is 0 Å². The highest BCUT2D eigenvalue weighted by Gasteiger charge is 2.43. The summed E-state index contributed by atoms with van der Waals surface area (Å²) in [7, 11) is 4.28. The molecule has 0 atom stereocenters. The highest BCUT2D eigenvalue weighted by molar-refractivity contribution is 5.63. The van der Waals surface area contributed by atoms with Crippen LogP contribution in [-0.2, 0) is 9.47 Å². The number of aliphatic hydroxyl groups is 1. The number of hydrogen-bond donors (Lipinski definition) is 3. The maximum absolute atomic E-state index is 7.00. The summed E-state index contributed by atoms with van der Waals surface area (Å²) in [5, 5.41) is 10.3. The first-order valence-corrected chi connectivity index (χ1v) is 5.98. The van der Waals surface area contributed by atoms with E-state index in [0.29, 0.717) is 11.4 Å². The van der Waals surface area contributed by atoms with E-state index in [9.17, 15) is 0 Å². The van der Waals surface area contributed by atoms with Crippen LogP contribution in [0, 0.1) is 0 Å². The molecular weight excluding hydrogens is 248 g/mol. The SMILES string of the molecule is CO.COCOc1ccc(NC2(OC)CC2)cc1N. The van der Waals surface area contributed by atoms with E-state index in [1.165, 1.54) is 0 Å². The Morgan fingerprint density at radius 2 is 2.00 bits per heavy atom. The molecule has 1 aromatic carbocycles. The van der Waals surface area contributed by atoms with E-state index in [1.54, 1.807) is 14.2 Å². The molecule has 1 saturated carbocycles. The average molecular weight is 270 g/mol. The number of nitrogen functional groups attached to an aromatic ring is 1. The normalized spacial score (nSPS) is 15.2. The van der Waals surface area contributed by atoms with Crippen LogP contribution in [0.5, 0.6) is 5.75 Å². The van der Waals surface area contributed by atoms with E-state index in [0.717, 1.165) is 25.6 Å². The zero-order valence-electron chi connectivity index (χ0n) is 11.6. The predicted octanol–water partition coefficient (Wildman–Crippen LogP) is 1.41. The van der Waals surface area contributed by atoms with Crippen LogP contribution >= 0.6 is 0 Å². The van der Waals surface area contributed by atoms with Crippen molar-refractivity contribution in [3.05, 3.63) is 18.2 Å². The third-order valence-electron chi connectivity index (χ3n) is 2.81. The highest BCUT2D eigenvalue weighted by Crippen LogP contribution is 2.40. The molecular formula is C13H22N2O4. The quantitative estimate of drug-likeness (QED) is 0.535. The van der Waals surface area contributed by atoms with E-state index in [2.05, 4.69) is 5.32 Å². The standard InChI is InChI=1S/C12H18N2O3.CH4O/c1-15-8-17-11-4-3-9(7-10(11)13)14-12(16-2)5-6-12;1-2/h3-4,7,14H,5-6,8,13H2,1-2H3;2H,1H3. The first kappa shape index (κ1) is 15.6. The van der Waals surface area contributed by atoms with Gasteiger partial charge in [0, 0.05) is 27.0 Å². The summed E-state index contributed by atoms with van der Waals surface area (Å²) >= 11 is 0. The molecule has 0 heterocycles. The predicted molar refractivity (Wildman–Crippen MR) is 74.1 cm³/mol. The number of methoxy groups -OCH3 is 2. The first-order valence-electron chi connectivity index (χ1n) is 5.98.